The summed E-state index contributed by atoms with van der Waals surface area (Å²) in [6, 6.07) is 14.0. The van der Waals surface area contributed by atoms with Gasteiger partial charge in [0.25, 0.3) is 5.91 Å². The highest BCUT2D eigenvalue weighted by molar-refractivity contribution is 5.98. The van der Waals surface area contributed by atoms with Gasteiger partial charge in [-0.3, -0.25) is 4.79 Å². The number of benzene rings is 2. The predicted molar refractivity (Wildman–Crippen MR) is 92.2 cm³/mol. The van der Waals surface area contributed by atoms with Crippen LogP contribution < -0.4 is 14.8 Å². The highest BCUT2D eigenvalue weighted by Crippen LogP contribution is 2.17. The summed E-state index contributed by atoms with van der Waals surface area (Å²) >= 11 is 0. The number of methoxy groups -OCH3 is 1. The van der Waals surface area contributed by atoms with Crippen molar-refractivity contribution in [1.82, 2.24) is 0 Å². The van der Waals surface area contributed by atoms with Crippen molar-refractivity contribution in [3.05, 3.63) is 54.1 Å². The maximum atomic E-state index is 12.2. The topological polar surface area (TPSA) is 80.2 Å². The fourth-order valence-corrected chi connectivity index (χ4v) is 2.01. The first-order valence-electron chi connectivity index (χ1n) is 7.44. The maximum absolute atomic E-state index is 12.2. The van der Waals surface area contributed by atoms with Crippen LogP contribution >= 0.6 is 0 Å². The third kappa shape index (κ3) is 4.49. The molecule has 2 rings (SSSR count). The van der Waals surface area contributed by atoms with E-state index in [0.29, 0.717) is 17.1 Å². The molecule has 24 heavy (non-hydrogen) atoms. The third-order valence-corrected chi connectivity index (χ3v) is 3.46. The first-order chi connectivity index (χ1) is 11.5. The summed E-state index contributed by atoms with van der Waals surface area (Å²) in [5.74, 6) is 1.03. The van der Waals surface area contributed by atoms with E-state index >= 15 is 0 Å². The van der Waals surface area contributed by atoms with Crippen molar-refractivity contribution in [3.63, 3.8) is 0 Å². The molecule has 126 valence electrons. The fourth-order valence-electron chi connectivity index (χ4n) is 2.01. The Morgan fingerprint density at radius 2 is 1.67 bits per heavy atom. The summed E-state index contributed by atoms with van der Waals surface area (Å²) in [5.41, 5.74) is 1.95. The molecule has 0 unspecified atom stereocenters. The maximum Gasteiger partial charge on any atom is 0.265 e. The number of carbonyl (C=O) groups excluding carboxylic acids is 1. The second-order valence-electron chi connectivity index (χ2n) is 5.19. The van der Waals surface area contributed by atoms with Crippen LogP contribution in [0.5, 0.6) is 11.5 Å². The number of carbonyl (C=O) groups is 1. The quantitative estimate of drug-likeness (QED) is 0.484. The van der Waals surface area contributed by atoms with Crippen molar-refractivity contribution < 1.29 is 19.5 Å². The Morgan fingerprint density at radius 3 is 2.21 bits per heavy atom. The first-order valence-corrected chi connectivity index (χ1v) is 7.44. The number of oxime groups is 1. The van der Waals surface area contributed by atoms with Gasteiger partial charge < -0.3 is 20.0 Å². The van der Waals surface area contributed by atoms with Crippen LogP contribution in [0.15, 0.2) is 53.7 Å². The number of amides is 1. The minimum Gasteiger partial charge on any atom is -0.497 e. The Hall–Kier alpha value is -3.02. The molecular formula is C18H20N2O4. The molecule has 0 fully saturated rings. The van der Waals surface area contributed by atoms with E-state index in [1.807, 2.05) is 0 Å². The summed E-state index contributed by atoms with van der Waals surface area (Å²) in [7, 11) is 1.59. The lowest BCUT2D eigenvalue weighted by atomic mass is 10.1. The summed E-state index contributed by atoms with van der Waals surface area (Å²) in [4.78, 5) is 12.2. The molecule has 0 aliphatic heterocycles. The molecule has 1 amide bonds. The summed E-state index contributed by atoms with van der Waals surface area (Å²) in [5, 5.41) is 14.7. The van der Waals surface area contributed by atoms with Gasteiger partial charge in [0.2, 0.25) is 0 Å². The van der Waals surface area contributed by atoms with Gasteiger partial charge in [-0.2, -0.15) is 0 Å². The monoisotopic (exact) mass is 328 g/mol. The number of rotatable bonds is 6. The van der Waals surface area contributed by atoms with Gasteiger partial charge in [0.1, 0.15) is 11.5 Å². The molecule has 1 atom stereocenters. The van der Waals surface area contributed by atoms with Gasteiger partial charge in [-0.1, -0.05) is 5.16 Å². The van der Waals surface area contributed by atoms with Gasteiger partial charge in [-0.05, 0) is 67.9 Å². The predicted octanol–water partition coefficient (Wildman–Crippen LogP) is 3.30. The lowest BCUT2D eigenvalue weighted by Crippen LogP contribution is -2.30. The van der Waals surface area contributed by atoms with E-state index in [4.69, 9.17) is 14.7 Å². The van der Waals surface area contributed by atoms with Gasteiger partial charge in [-0.15, -0.1) is 0 Å². The number of hydrogen-bond acceptors (Lipinski definition) is 5. The van der Waals surface area contributed by atoms with Gasteiger partial charge in [-0.25, -0.2) is 0 Å². The average Bonchev–Trinajstić information content (AvgIpc) is 2.62. The number of ether oxygens (including phenoxy) is 2. The van der Waals surface area contributed by atoms with Crippen molar-refractivity contribution in [2.45, 2.75) is 20.0 Å². The Morgan fingerprint density at radius 1 is 1.08 bits per heavy atom. The Labute approximate surface area is 140 Å². The number of nitrogens with zero attached hydrogens (tertiary/aromatic N) is 1. The minimum absolute atomic E-state index is 0.252. The van der Waals surface area contributed by atoms with Gasteiger partial charge in [0, 0.05) is 5.69 Å². The van der Waals surface area contributed by atoms with E-state index in [2.05, 4.69) is 10.5 Å². The molecule has 0 aromatic heterocycles. The molecule has 0 spiro atoms. The van der Waals surface area contributed by atoms with E-state index in [-0.39, 0.29) is 5.91 Å². The Kier molecular flexibility index (Phi) is 5.78. The largest absolute Gasteiger partial charge is 0.497 e. The highest BCUT2D eigenvalue weighted by atomic mass is 16.5. The molecule has 0 saturated carbocycles. The van der Waals surface area contributed by atoms with Crippen LogP contribution in [0.3, 0.4) is 0 Å². The first kappa shape index (κ1) is 17.3. The summed E-state index contributed by atoms with van der Waals surface area (Å²) in [6.07, 6.45) is -0.662. The van der Waals surface area contributed by atoms with E-state index in [0.717, 1.165) is 11.3 Å². The van der Waals surface area contributed by atoms with Crippen LogP contribution in [0.4, 0.5) is 5.69 Å². The van der Waals surface area contributed by atoms with Crippen LogP contribution in [0, 0.1) is 0 Å². The second-order valence-corrected chi connectivity index (χ2v) is 5.19. The van der Waals surface area contributed by atoms with Crippen molar-refractivity contribution in [3.8, 4) is 11.5 Å². The molecule has 2 aromatic carbocycles. The Bertz CT molecular complexity index is 709. The molecule has 0 radical (unpaired) electrons. The second kappa shape index (κ2) is 8.01. The van der Waals surface area contributed by atoms with Crippen LogP contribution in [0.1, 0.15) is 19.4 Å². The van der Waals surface area contributed by atoms with Crippen molar-refractivity contribution >= 4 is 17.3 Å². The highest BCUT2D eigenvalue weighted by Gasteiger charge is 2.15. The van der Waals surface area contributed by atoms with E-state index < -0.39 is 6.10 Å². The van der Waals surface area contributed by atoms with Crippen LogP contribution in [0.2, 0.25) is 0 Å². The molecule has 0 aliphatic rings. The molecule has 0 bridgehead atoms. The smallest absolute Gasteiger partial charge is 0.265 e. The standard InChI is InChI=1S/C18H20N2O4/c1-12(20-22)14-4-8-17(9-5-14)24-13(2)18(21)19-15-6-10-16(23-3)11-7-15/h4-11,13,22H,1-3H3,(H,19,21)/b20-12+/t13-/m0/s1. The normalized spacial score (nSPS) is 12.4. The van der Waals surface area contributed by atoms with Crippen LogP contribution in [0.25, 0.3) is 0 Å². The summed E-state index contributed by atoms with van der Waals surface area (Å²) < 4.78 is 10.7. The summed E-state index contributed by atoms with van der Waals surface area (Å²) in [6.45, 7) is 3.37. The molecule has 6 heteroatoms. The zero-order valence-electron chi connectivity index (χ0n) is 13.8. The van der Waals surface area contributed by atoms with Crippen LogP contribution in [-0.2, 0) is 4.79 Å². The fraction of sp³-hybridized carbons (Fsp3) is 0.222. The van der Waals surface area contributed by atoms with E-state index in [9.17, 15) is 4.79 Å². The zero-order chi connectivity index (χ0) is 17.5. The lowest BCUT2D eigenvalue weighted by Gasteiger charge is -2.15. The molecular weight excluding hydrogens is 308 g/mol. The molecule has 0 saturated heterocycles. The van der Waals surface area contributed by atoms with Crippen molar-refractivity contribution in [2.75, 3.05) is 12.4 Å². The van der Waals surface area contributed by atoms with E-state index in [1.165, 1.54) is 0 Å². The number of anilines is 1. The van der Waals surface area contributed by atoms with Crippen LogP contribution in [-0.4, -0.2) is 30.0 Å². The molecule has 2 N–H and O–H groups in total. The van der Waals surface area contributed by atoms with Gasteiger partial charge in [0.05, 0.1) is 12.8 Å². The average molecular weight is 328 g/mol. The molecule has 6 nitrogen and oxygen atoms in total. The zero-order valence-corrected chi connectivity index (χ0v) is 13.8. The Balaban J connectivity index is 1.95. The van der Waals surface area contributed by atoms with Crippen molar-refractivity contribution in [1.29, 1.82) is 0 Å². The van der Waals surface area contributed by atoms with Crippen molar-refractivity contribution in [2.24, 2.45) is 5.16 Å². The number of hydrogen-bond donors (Lipinski definition) is 2. The van der Waals surface area contributed by atoms with E-state index in [1.54, 1.807) is 69.5 Å². The SMILES string of the molecule is COc1ccc(NC(=O)[C@H](C)Oc2ccc(/C(C)=N/O)cc2)cc1. The molecule has 2 aromatic rings. The van der Waals surface area contributed by atoms with Gasteiger partial charge >= 0.3 is 0 Å². The molecule has 0 heterocycles. The third-order valence-electron chi connectivity index (χ3n) is 3.46. The minimum atomic E-state index is -0.662. The number of nitrogens with one attached hydrogen (secondary N) is 1. The lowest BCUT2D eigenvalue weighted by molar-refractivity contribution is -0.122. The van der Waals surface area contributed by atoms with Gasteiger partial charge in [0.15, 0.2) is 6.10 Å². The molecule has 0 aliphatic carbocycles.